The summed E-state index contributed by atoms with van der Waals surface area (Å²) in [6, 6.07) is 8.41. The Kier molecular flexibility index (Phi) is 6.38. The Morgan fingerprint density at radius 2 is 2.06 bits per heavy atom. The Morgan fingerprint density at radius 3 is 2.79 bits per heavy atom. The van der Waals surface area contributed by atoms with Crippen molar-refractivity contribution in [1.29, 1.82) is 0 Å². The zero-order valence-corrected chi connectivity index (χ0v) is 18.7. The third kappa shape index (κ3) is 5.18. The monoisotopic (exact) mass is 485 g/mol. The van der Waals surface area contributed by atoms with E-state index in [1.165, 1.54) is 41.7 Å². The maximum absolute atomic E-state index is 12.4. The number of nitro groups is 1. The number of carbonyl (C=O) groups excluding carboxylic acids is 3. The number of ketones is 1. The molecule has 0 unspecified atom stereocenters. The molecule has 0 radical (unpaired) electrons. The molecule has 0 atom stereocenters. The molecule has 3 aromatic rings. The van der Waals surface area contributed by atoms with Crippen molar-refractivity contribution in [1.82, 2.24) is 4.98 Å². The summed E-state index contributed by atoms with van der Waals surface area (Å²) >= 11 is 2.49. The van der Waals surface area contributed by atoms with Crippen LogP contribution in [0.4, 0.5) is 11.4 Å². The first-order valence-corrected chi connectivity index (χ1v) is 11.2. The van der Waals surface area contributed by atoms with E-state index in [0.717, 1.165) is 23.5 Å². The van der Waals surface area contributed by atoms with Gasteiger partial charge in [-0.15, -0.1) is 11.3 Å². The van der Waals surface area contributed by atoms with Crippen LogP contribution in [0.2, 0.25) is 0 Å². The topological polar surface area (TPSA) is 138 Å². The van der Waals surface area contributed by atoms with E-state index in [1.54, 1.807) is 0 Å². The van der Waals surface area contributed by atoms with Crippen LogP contribution in [-0.4, -0.2) is 40.8 Å². The quantitative estimate of drug-likeness (QED) is 0.229. The van der Waals surface area contributed by atoms with Crippen LogP contribution in [0.5, 0.6) is 5.75 Å². The Morgan fingerprint density at radius 1 is 1.27 bits per heavy atom. The minimum Gasteiger partial charge on any atom is -0.482 e. The standard InChI is InChI=1S/C21H15N3O7S2/c1-11-10-32-21(22-11)33-18-5-3-13(7-15(18)24(28)29)20(27)31-8-16(25)12-2-4-17-14(6-12)23-19(26)9-30-17/h2-7,10H,8-9H2,1H3,(H,23,26). The molecule has 4 rings (SSSR count). The van der Waals surface area contributed by atoms with Crippen LogP contribution in [0.3, 0.4) is 0 Å². The van der Waals surface area contributed by atoms with Gasteiger partial charge in [-0.1, -0.05) is 11.8 Å². The number of hydrogen-bond acceptors (Lipinski definition) is 10. The number of amides is 1. The maximum Gasteiger partial charge on any atom is 0.338 e. The summed E-state index contributed by atoms with van der Waals surface area (Å²) in [4.78, 5) is 51.8. The summed E-state index contributed by atoms with van der Waals surface area (Å²) in [5, 5.41) is 15.9. The SMILES string of the molecule is Cc1csc(Sc2ccc(C(=O)OCC(=O)c3ccc4c(c3)NC(=O)CO4)cc2[N+](=O)[O-])n1. The number of rotatable bonds is 7. The Labute approximate surface area is 195 Å². The maximum atomic E-state index is 12.4. The number of nitro benzene ring substituents is 1. The van der Waals surface area contributed by atoms with Crippen molar-refractivity contribution in [3.05, 3.63) is 68.7 Å². The highest BCUT2D eigenvalue weighted by atomic mass is 32.2. The summed E-state index contributed by atoms with van der Waals surface area (Å²) in [5.41, 5.74) is 1.05. The Hall–Kier alpha value is -3.77. The number of carbonyl (C=O) groups is 3. The largest absolute Gasteiger partial charge is 0.482 e. The summed E-state index contributed by atoms with van der Waals surface area (Å²) in [6.07, 6.45) is 0. The normalized spacial score (nSPS) is 12.3. The lowest BCUT2D eigenvalue weighted by molar-refractivity contribution is -0.387. The van der Waals surface area contributed by atoms with Crippen LogP contribution >= 0.6 is 23.1 Å². The van der Waals surface area contributed by atoms with E-state index in [-0.39, 0.29) is 29.3 Å². The van der Waals surface area contributed by atoms with E-state index in [9.17, 15) is 24.5 Å². The van der Waals surface area contributed by atoms with Gasteiger partial charge in [0.25, 0.3) is 11.6 Å². The average molecular weight is 485 g/mol. The van der Waals surface area contributed by atoms with Gasteiger partial charge in [0.05, 0.1) is 21.1 Å². The molecule has 12 heteroatoms. The van der Waals surface area contributed by atoms with Gasteiger partial charge >= 0.3 is 5.97 Å². The van der Waals surface area contributed by atoms with E-state index in [4.69, 9.17) is 9.47 Å². The number of anilines is 1. The third-order valence-electron chi connectivity index (χ3n) is 4.46. The molecule has 0 saturated heterocycles. The fraction of sp³-hybridized carbons (Fsp3) is 0.143. The van der Waals surface area contributed by atoms with Crippen LogP contribution in [0, 0.1) is 17.0 Å². The molecular weight excluding hydrogens is 470 g/mol. The smallest absolute Gasteiger partial charge is 0.338 e. The van der Waals surface area contributed by atoms with Crippen molar-refractivity contribution in [2.75, 3.05) is 18.5 Å². The van der Waals surface area contributed by atoms with Crippen molar-refractivity contribution < 1.29 is 28.8 Å². The fourth-order valence-electron chi connectivity index (χ4n) is 2.90. The number of hydrogen-bond donors (Lipinski definition) is 1. The van der Waals surface area contributed by atoms with Crippen LogP contribution < -0.4 is 10.1 Å². The molecule has 0 fully saturated rings. The molecule has 0 aliphatic carbocycles. The zero-order chi connectivity index (χ0) is 23.5. The second-order valence-corrected chi connectivity index (χ2v) is 8.99. The molecular formula is C21H15N3O7S2. The highest BCUT2D eigenvalue weighted by Crippen LogP contribution is 2.37. The molecule has 0 saturated carbocycles. The van der Waals surface area contributed by atoms with Crippen molar-refractivity contribution in [2.24, 2.45) is 0 Å². The number of aryl methyl sites for hydroxylation is 1. The van der Waals surface area contributed by atoms with Gasteiger partial charge in [-0.05, 0) is 37.3 Å². The molecule has 1 aliphatic rings. The molecule has 2 heterocycles. The van der Waals surface area contributed by atoms with E-state index in [1.807, 2.05) is 12.3 Å². The van der Waals surface area contributed by atoms with Gasteiger partial charge in [0.2, 0.25) is 0 Å². The van der Waals surface area contributed by atoms with Gasteiger partial charge in [-0.25, -0.2) is 9.78 Å². The number of aromatic nitrogens is 1. The van der Waals surface area contributed by atoms with E-state index in [2.05, 4.69) is 10.3 Å². The van der Waals surface area contributed by atoms with Gasteiger partial charge in [0, 0.05) is 22.7 Å². The highest BCUT2D eigenvalue weighted by molar-refractivity contribution is 8.01. The summed E-state index contributed by atoms with van der Waals surface area (Å²) in [5.74, 6) is -1.29. The molecule has 1 aliphatic heterocycles. The lowest BCUT2D eigenvalue weighted by Crippen LogP contribution is -2.25. The first kappa shape index (κ1) is 22.4. The van der Waals surface area contributed by atoms with E-state index >= 15 is 0 Å². The Bertz CT molecular complexity index is 1290. The highest BCUT2D eigenvalue weighted by Gasteiger charge is 2.22. The molecule has 0 bridgehead atoms. The number of benzene rings is 2. The van der Waals surface area contributed by atoms with Crippen molar-refractivity contribution >= 4 is 52.1 Å². The molecule has 1 amide bonds. The van der Waals surface area contributed by atoms with E-state index in [0.29, 0.717) is 20.7 Å². The van der Waals surface area contributed by atoms with Crippen molar-refractivity contribution in [3.63, 3.8) is 0 Å². The van der Waals surface area contributed by atoms with Gasteiger partial charge < -0.3 is 14.8 Å². The van der Waals surface area contributed by atoms with Gasteiger partial charge in [-0.2, -0.15) is 0 Å². The van der Waals surface area contributed by atoms with Crippen LogP contribution in [0.15, 0.2) is 51.0 Å². The third-order valence-corrected chi connectivity index (χ3v) is 6.58. The second-order valence-electron chi connectivity index (χ2n) is 6.84. The number of esters is 1. The predicted molar refractivity (Wildman–Crippen MR) is 119 cm³/mol. The molecule has 2 aromatic carbocycles. The molecule has 0 spiro atoms. The fourth-order valence-corrected chi connectivity index (χ4v) is 4.78. The second kappa shape index (κ2) is 9.38. The minimum absolute atomic E-state index is 0.0553. The van der Waals surface area contributed by atoms with Crippen LogP contribution in [0.1, 0.15) is 26.4 Å². The van der Waals surface area contributed by atoms with Crippen molar-refractivity contribution in [2.45, 2.75) is 16.2 Å². The number of nitrogens with zero attached hydrogens (tertiary/aromatic N) is 2. The molecule has 1 N–H and O–H groups in total. The average Bonchev–Trinajstić information content (AvgIpc) is 3.21. The summed E-state index contributed by atoms with van der Waals surface area (Å²) in [7, 11) is 0. The summed E-state index contributed by atoms with van der Waals surface area (Å²) < 4.78 is 10.9. The first-order valence-electron chi connectivity index (χ1n) is 9.45. The Balaban J connectivity index is 1.44. The lowest BCUT2D eigenvalue weighted by atomic mass is 10.1. The van der Waals surface area contributed by atoms with Crippen molar-refractivity contribution in [3.8, 4) is 5.75 Å². The van der Waals surface area contributed by atoms with E-state index < -0.39 is 23.3 Å². The number of ether oxygens (including phenoxy) is 2. The molecule has 33 heavy (non-hydrogen) atoms. The zero-order valence-electron chi connectivity index (χ0n) is 17.0. The molecule has 1 aromatic heterocycles. The minimum atomic E-state index is -0.873. The predicted octanol–water partition coefficient (Wildman–Crippen LogP) is 3.88. The number of fused-ring (bicyclic) bond motifs is 1. The molecule has 168 valence electrons. The first-order chi connectivity index (χ1) is 15.8. The summed E-state index contributed by atoms with van der Waals surface area (Å²) in [6.45, 7) is 1.14. The van der Waals surface area contributed by atoms with Crippen LogP contribution in [-0.2, 0) is 9.53 Å². The van der Waals surface area contributed by atoms with Gasteiger partial charge in [0.15, 0.2) is 23.3 Å². The van der Waals surface area contributed by atoms with Gasteiger partial charge in [0.1, 0.15) is 5.75 Å². The lowest BCUT2D eigenvalue weighted by Gasteiger charge is -2.18. The van der Waals surface area contributed by atoms with Gasteiger partial charge in [-0.3, -0.25) is 19.7 Å². The number of nitrogens with one attached hydrogen (secondary N) is 1. The number of thiazole rings is 1. The van der Waals surface area contributed by atoms with Crippen LogP contribution in [0.25, 0.3) is 0 Å². The molecule has 10 nitrogen and oxygen atoms in total. The number of Topliss-reactive ketones (excluding diaryl/α,β-unsaturated/α-hetero) is 1.